The zero-order chi connectivity index (χ0) is 17.6. The molecule has 1 N–H and O–H groups in total. The Morgan fingerprint density at radius 3 is 2.76 bits per heavy atom. The lowest BCUT2D eigenvalue weighted by atomic mass is 9.83. The molecule has 4 rings (SSSR count). The maximum Gasteiger partial charge on any atom is 0.321 e. The summed E-state index contributed by atoms with van der Waals surface area (Å²) in [6, 6.07) is 10.2. The fraction of sp³-hybridized carbons (Fsp3) is 0.333. The van der Waals surface area contributed by atoms with Gasteiger partial charge in [0.2, 0.25) is 0 Å². The summed E-state index contributed by atoms with van der Waals surface area (Å²) in [6.45, 7) is 1.89. The van der Waals surface area contributed by atoms with E-state index in [4.69, 9.17) is 23.2 Å². The van der Waals surface area contributed by atoms with E-state index in [0.717, 1.165) is 12.1 Å². The number of carbonyl (C=O) groups is 1. The molecule has 1 saturated heterocycles. The molecule has 2 atom stereocenters. The van der Waals surface area contributed by atoms with Crippen molar-refractivity contribution >= 4 is 34.9 Å². The summed E-state index contributed by atoms with van der Waals surface area (Å²) < 4.78 is 1.85. The Balaban J connectivity index is 1.54. The number of likely N-dealkylation sites (tertiary alicyclic amines) is 1. The Bertz CT molecular complexity index is 896. The van der Waals surface area contributed by atoms with Crippen LogP contribution in [-0.4, -0.2) is 28.6 Å². The first-order valence-electron chi connectivity index (χ1n) is 8.22. The van der Waals surface area contributed by atoms with Crippen LogP contribution in [-0.2, 0) is 6.54 Å². The molecule has 7 heteroatoms. The molecule has 0 saturated carbocycles. The van der Waals surface area contributed by atoms with E-state index in [-0.39, 0.29) is 23.4 Å². The first-order valence-corrected chi connectivity index (χ1v) is 8.97. The second-order valence-electron chi connectivity index (χ2n) is 6.66. The van der Waals surface area contributed by atoms with Gasteiger partial charge in [0.05, 0.1) is 10.7 Å². The molecular formula is C18H17Cl2N3O2. The maximum atomic E-state index is 12.7. The molecule has 1 aromatic carbocycles. The number of pyridine rings is 1. The van der Waals surface area contributed by atoms with Crippen molar-refractivity contribution in [1.29, 1.82) is 0 Å². The predicted octanol–water partition coefficient (Wildman–Crippen LogP) is 3.81. The molecule has 25 heavy (non-hydrogen) atoms. The smallest absolute Gasteiger partial charge is 0.321 e. The van der Waals surface area contributed by atoms with Gasteiger partial charge in [-0.05, 0) is 36.6 Å². The van der Waals surface area contributed by atoms with Crippen LogP contribution in [0, 0.1) is 5.92 Å². The number of hydrogen-bond donors (Lipinski definition) is 1. The number of nitrogens with one attached hydrogen (secondary N) is 1. The van der Waals surface area contributed by atoms with E-state index in [1.165, 1.54) is 0 Å². The van der Waals surface area contributed by atoms with Crippen molar-refractivity contribution in [2.24, 2.45) is 5.92 Å². The molecule has 3 heterocycles. The Hall–Kier alpha value is -1.98. The minimum atomic E-state index is -0.175. The van der Waals surface area contributed by atoms with Gasteiger partial charge in [-0.25, -0.2) is 4.79 Å². The number of halogens is 2. The number of piperidine rings is 1. The molecular weight excluding hydrogens is 361 g/mol. The van der Waals surface area contributed by atoms with Gasteiger partial charge in [0, 0.05) is 42.3 Å². The zero-order valence-corrected chi connectivity index (χ0v) is 14.9. The van der Waals surface area contributed by atoms with E-state index in [0.29, 0.717) is 35.4 Å². The van der Waals surface area contributed by atoms with Gasteiger partial charge in [-0.15, -0.1) is 0 Å². The number of rotatable bonds is 1. The van der Waals surface area contributed by atoms with Crippen LogP contribution in [0.3, 0.4) is 0 Å². The van der Waals surface area contributed by atoms with Crippen molar-refractivity contribution in [2.45, 2.75) is 18.9 Å². The quantitative estimate of drug-likeness (QED) is 0.821. The van der Waals surface area contributed by atoms with Crippen molar-refractivity contribution < 1.29 is 4.79 Å². The molecule has 2 aromatic rings. The lowest BCUT2D eigenvalue weighted by molar-refractivity contribution is 0.139. The van der Waals surface area contributed by atoms with Crippen molar-refractivity contribution in [3.05, 3.63) is 62.5 Å². The summed E-state index contributed by atoms with van der Waals surface area (Å²) in [4.78, 5) is 26.5. The number of benzene rings is 1. The minimum absolute atomic E-state index is 0.0399. The highest BCUT2D eigenvalue weighted by atomic mass is 35.5. The zero-order valence-electron chi connectivity index (χ0n) is 13.4. The largest absolute Gasteiger partial charge is 0.324 e. The Labute approximate surface area is 155 Å². The van der Waals surface area contributed by atoms with Crippen molar-refractivity contribution in [3.8, 4) is 0 Å². The lowest BCUT2D eigenvalue weighted by Gasteiger charge is -2.42. The second-order valence-corrected chi connectivity index (χ2v) is 7.50. The average Bonchev–Trinajstić information content (AvgIpc) is 2.58. The lowest BCUT2D eigenvalue weighted by Crippen LogP contribution is -2.50. The van der Waals surface area contributed by atoms with E-state index in [2.05, 4.69) is 5.32 Å². The molecule has 2 bridgehead atoms. The number of hydrogen-bond acceptors (Lipinski definition) is 2. The first-order chi connectivity index (χ1) is 12.0. The monoisotopic (exact) mass is 377 g/mol. The molecule has 2 amide bonds. The van der Waals surface area contributed by atoms with Gasteiger partial charge >= 0.3 is 6.03 Å². The summed E-state index contributed by atoms with van der Waals surface area (Å²) >= 11 is 12.0. The molecule has 0 radical (unpaired) electrons. The number of nitrogens with zero attached hydrogens (tertiary/aromatic N) is 2. The van der Waals surface area contributed by atoms with Crippen molar-refractivity contribution in [3.63, 3.8) is 0 Å². The van der Waals surface area contributed by atoms with Crippen LogP contribution in [0.2, 0.25) is 10.0 Å². The van der Waals surface area contributed by atoms with E-state index < -0.39 is 0 Å². The highest BCUT2D eigenvalue weighted by Crippen LogP contribution is 2.35. The molecule has 1 fully saturated rings. The molecule has 2 aliphatic rings. The number of amides is 2. The Kier molecular flexibility index (Phi) is 4.21. The maximum absolute atomic E-state index is 12.7. The molecule has 2 aliphatic heterocycles. The van der Waals surface area contributed by atoms with E-state index in [1.54, 1.807) is 30.3 Å². The molecule has 1 aromatic heterocycles. The van der Waals surface area contributed by atoms with Crippen LogP contribution in [0.25, 0.3) is 0 Å². The van der Waals surface area contributed by atoms with Gasteiger partial charge in [-0.3, -0.25) is 4.79 Å². The predicted molar refractivity (Wildman–Crippen MR) is 98.6 cm³/mol. The number of anilines is 1. The number of carbonyl (C=O) groups excluding carboxylic acids is 1. The third-order valence-corrected chi connectivity index (χ3v) is 5.49. The number of aromatic nitrogens is 1. The van der Waals surface area contributed by atoms with Crippen LogP contribution in [0.4, 0.5) is 10.5 Å². The fourth-order valence-electron chi connectivity index (χ4n) is 3.85. The standard InChI is InChI=1S/C18H17Cl2N3O2/c19-13-4-5-15(14(20)7-13)21-18(25)22-8-11-6-12(10-22)16-2-1-3-17(24)23(16)9-11/h1-5,7,11-12H,6,8-10H2,(H,21,25)/t11?,12-/m1/s1. The van der Waals surface area contributed by atoms with Crippen LogP contribution in [0.1, 0.15) is 18.0 Å². The SMILES string of the molecule is O=C(Nc1ccc(Cl)cc1Cl)N1CC2C[C@H](C1)c1cccc(=O)n1C2. The van der Waals surface area contributed by atoms with Gasteiger partial charge in [0.25, 0.3) is 5.56 Å². The molecule has 5 nitrogen and oxygen atoms in total. The molecule has 0 spiro atoms. The highest BCUT2D eigenvalue weighted by Gasteiger charge is 2.36. The molecule has 1 unspecified atom stereocenters. The van der Waals surface area contributed by atoms with Crippen molar-refractivity contribution in [2.75, 3.05) is 18.4 Å². The highest BCUT2D eigenvalue weighted by molar-refractivity contribution is 6.36. The van der Waals surface area contributed by atoms with Crippen LogP contribution < -0.4 is 10.9 Å². The summed E-state index contributed by atoms with van der Waals surface area (Å²) in [5, 5.41) is 3.80. The number of urea groups is 1. The van der Waals surface area contributed by atoms with E-state index in [1.807, 2.05) is 15.5 Å². The first kappa shape index (κ1) is 16.5. The third kappa shape index (κ3) is 3.14. The van der Waals surface area contributed by atoms with Gasteiger partial charge in [0.1, 0.15) is 0 Å². The van der Waals surface area contributed by atoms with Gasteiger partial charge in [-0.2, -0.15) is 0 Å². The summed E-state index contributed by atoms with van der Waals surface area (Å²) in [6.07, 6.45) is 1.01. The van der Waals surface area contributed by atoms with Crippen LogP contribution >= 0.6 is 23.2 Å². The topological polar surface area (TPSA) is 54.3 Å². The van der Waals surface area contributed by atoms with Crippen LogP contribution in [0.5, 0.6) is 0 Å². The Morgan fingerprint density at radius 2 is 1.96 bits per heavy atom. The molecule has 0 aliphatic carbocycles. The molecule has 130 valence electrons. The van der Waals surface area contributed by atoms with Gasteiger partial charge in [0.15, 0.2) is 0 Å². The van der Waals surface area contributed by atoms with E-state index >= 15 is 0 Å². The summed E-state index contributed by atoms with van der Waals surface area (Å²) in [5.74, 6) is 0.477. The second kappa shape index (κ2) is 6.39. The summed E-state index contributed by atoms with van der Waals surface area (Å²) in [7, 11) is 0. The van der Waals surface area contributed by atoms with Crippen molar-refractivity contribution in [1.82, 2.24) is 9.47 Å². The van der Waals surface area contributed by atoms with E-state index in [9.17, 15) is 9.59 Å². The minimum Gasteiger partial charge on any atom is -0.324 e. The van der Waals surface area contributed by atoms with Gasteiger partial charge in [-0.1, -0.05) is 29.3 Å². The fourth-order valence-corrected chi connectivity index (χ4v) is 4.30. The number of fused-ring (bicyclic) bond motifs is 4. The summed E-state index contributed by atoms with van der Waals surface area (Å²) in [5.41, 5.74) is 1.60. The normalized spacial score (nSPS) is 21.6. The van der Waals surface area contributed by atoms with Gasteiger partial charge < -0.3 is 14.8 Å². The average molecular weight is 378 g/mol. The van der Waals surface area contributed by atoms with Crippen LogP contribution in [0.15, 0.2) is 41.2 Å². The third-order valence-electron chi connectivity index (χ3n) is 4.94. The Morgan fingerprint density at radius 1 is 1.12 bits per heavy atom.